The van der Waals surface area contributed by atoms with Crippen LogP contribution < -0.4 is 4.90 Å². The maximum absolute atomic E-state index is 4.96. The molecule has 0 amide bonds. The summed E-state index contributed by atoms with van der Waals surface area (Å²) >= 11 is 0. The van der Waals surface area contributed by atoms with Gasteiger partial charge in [-0.1, -0.05) is 129 Å². The van der Waals surface area contributed by atoms with Crippen LogP contribution in [0.2, 0.25) is 0 Å². The van der Waals surface area contributed by atoms with Crippen molar-refractivity contribution in [3.8, 4) is 45.3 Å². The first kappa shape index (κ1) is 27.7. The topological polar surface area (TPSA) is 41.9 Å². The van der Waals surface area contributed by atoms with Crippen LogP contribution in [0.3, 0.4) is 0 Å². The number of allylic oxidation sites excluding steroid dienone is 2. The van der Waals surface area contributed by atoms with Crippen molar-refractivity contribution in [1.29, 1.82) is 0 Å². The molecule has 226 valence electrons. The number of aromatic nitrogens is 3. The standard InChI is InChI=1S/C43H34N4/c1-42(2)34-19-11-10-18-32(34)33-25-26-36-37(38(33)42)35-20-12-13-27-43(35,3)47(36)31-23-21-30(22-24-31)41-45-39(28-14-6-4-7-15-28)44-40(46-41)29-16-8-5-9-17-29/h4-27,35H,1-3H3. The third-order valence-electron chi connectivity index (χ3n) is 10.3. The molecular formula is C43H34N4. The smallest absolute Gasteiger partial charge is 0.164 e. The van der Waals surface area contributed by atoms with Gasteiger partial charge in [0, 0.05) is 39.4 Å². The van der Waals surface area contributed by atoms with Crippen LogP contribution in [0.15, 0.2) is 146 Å². The van der Waals surface area contributed by atoms with Crippen LogP contribution in [0.1, 0.15) is 43.4 Å². The highest BCUT2D eigenvalue weighted by molar-refractivity contribution is 5.89. The number of benzene rings is 5. The molecule has 0 bridgehead atoms. The SMILES string of the molecule is CC1(C)c2ccccc2-c2ccc3c(c21)C1C=CC=CC1(C)N3c1ccc(-c2nc(-c3ccccc3)nc(-c3ccccc3)n2)cc1. The van der Waals surface area contributed by atoms with E-state index >= 15 is 0 Å². The van der Waals surface area contributed by atoms with E-state index in [2.05, 4.69) is 111 Å². The van der Waals surface area contributed by atoms with Crippen molar-refractivity contribution in [2.24, 2.45) is 0 Å². The van der Waals surface area contributed by atoms with Crippen molar-refractivity contribution >= 4 is 11.4 Å². The third kappa shape index (κ3) is 4.11. The van der Waals surface area contributed by atoms with Gasteiger partial charge in [-0.05, 0) is 65.1 Å². The summed E-state index contributed by atoms with van der Waals surface area (Å²) in [5.41, 5.74) is 12.0. The summed E-state index contributed by atoms with van der Waals surface area (Å²) in [4.78, 5) is 17.3. The molecule has 1 aliphatic heterocycles. The van der Waals surface area contributed by atoms with Crippen LogP contribution in [0.4, 0.5) is 11.4 Å². The molecule has 2 atom stereocenters. The summed E-state index contributed by atoms with van der Waals surface area (Å²) in [6.07, 6.45) is 9.18. The first-order valence-electron chi connectivity index (χ1n) is 16.3. The van der Waals surface area contributed by atoms with Crippen molar-refractivity contribution in [1.82, 2.24) is 15.0 Å². The first-order valence-corrected chi connectivity index (χ1v) is 16.3. The number of hydrogen-bond acceptors (Lipinski definition) is 4. The van der Waals surface area contributed by atoms with Crippen LogP contribution in [0, 0.1) is 0 Å². The zero-order valence-electron chi connectivity index (χ0n) is 26.7. The highest BCUT2D eigenvalue weighted by Gasteiger charge is 2.51. The summed E-state index contributed by atoms with van der Waals surface area (Å²) in [5, 5.41) is 0. The third-order valence-corrected chi connectivity index (χ3v) is 10.3. The van der Waals surface area contributed by atoms with E-state index in [1.54, 1.807) is 0 Å². The van der Waals surface area contributed by atoms with Gasteiger partial charge in [-0.25, -0.2) is 15.0 Å². The Hall–Kier alpha value is -5.61. The summed E-state index contributed by atoms with van der Waals surface area (Å²) in [7, 11) is 0. The van der Waals surface area contributed by atoms with Gasteiger partial charge in [0.2, 0.25) is 0 Å². The summed E-state index contributed by atoms with van der Waals surface area (Å²) < 4.78 is 0. The van der Waals surface area contributed by atoms with Crippen molar-refractivity contribution in [2.45, 2.75) is 37.6 Å². The molecule has 2 aliphatic carbocycles. The second kappa shape index (κ2) is 10.2. The molecule has 5 aromatic carbocycles. The van der Waals surface area contributed by atoms with Crippen LogP contribution >= 0.6 is 0 Å². The fourth-order valence-corrected chi connectivity index (χ4v) is 8.11. The molecule has 0 fully saturated rings. The fourth-order valence-electron chi connectivity index (χ4n) is 8.11. The van der Waals surface area contributed by atoms with Gasteiger partial charge in [0.15, 0.2) is 17.5 Å². The lowest BCUT2D eigenvalue weighted by molar-refractivity contribution is 0.535. The van der Waals surface area contributed by atoms with E-state index < -0.39 is 0 Å². The second-order valence-electron chi connectivity index (χ2n) is 13.5. The highest BCUT2D eigenvalue weighted by atomic mass is 15.2. The van der Waals surface area contributed by atoms with Crippen LogP contribution in [-0.2, 0) is 5.41 Å². The van der Waals surface area contributed by atoms with E-state index in [1.807, 2.05) is 60.7 Å². The lowest BCUT2D eigenvalue weighted by Crippen LogP contribution is -2.42. The summed E-state index contributed by atoms with van der Waals surface area (Å²) in [5.74, 6) is 2.22. The van der Waals surface area contributed by atoms with Gasteiger partial charge < -0.3 is 4.90 Å². The van der Waals surface area contributed by atoms with Crippen molar-refractivity contribution in [3.05, 3.63) is 162 Å². The zero-order chi connectivity index (χ0) is 31.8. The molecule has 2 unspecified atom stereocenters. The molecule has 3 aliphatic rings. The van der Waals surface area contributed by atoms with Gasteiger partial charge in [0.05, 0.1) is 5.54 Å². The Bertz CT molecular complexity index is 2180. The van der Waals surface area contributed by atoms with E-state index in [1.165, 1.54) is 33.5 Å². The lowest BCUT2D eigenvalue weighted by Gasteiger charge is -2.39. The predicted octanol–water partition coefficient (Wildman–Crippen LogP) is 10.3. The Kier molecular flexibility index (Phi) is 6.01. The van der Waals surface area contributed by atoms with Crippen molar-refractivity contribution in [3.63, 3.8) is 0 Å². The second-order valence-corrected chi connectivity index (χ2v) is 13.5. The maximum atomic E-state index is 4.96. The van der Waals surface area contributed by atoms with E-state index in [4.69, 9.17) is 15.0 Å². The Labute approximate surface area is 275 Å². The largest absolute Gasteiger partial charge is 0.331 e. The molecule has 47 heavy (non-hydrogen) atoms. The number of rotatable bonds is 4. The average molecular weight is 607 g/mol. The Morgan fingerprint density at radius 1 is 0.553 bits per heavy atom. The van der Waals surface area contributed by atoms with Crippen molar-refractivity contribution < 1.29 is 0 Å². The van der Waals surface area contributed by atoms with E-state index in [0.717, 1.165) is 22.4 Å². The fraction of sp³-hybridized carbons (Fsp3) is 0.140. The van der Waals surface area contributed by atoms with Crippen LogP contribution in [-0.4, -0.2) is 20.5 Å². The van der Waals surface area contributed by atoms with Gasteiger partial charge in [-0.2, -0.15) is 0 Å². The molecule has 0 saturated heterocycles. The van der Waals surface area contributed by atoms with Crippen LogP contribution in [0.25, 0.3) is 45.3 Å². The van der Waals surface area contributed by atoms with E-state index in [9.17, 15) is 0 Å². The molecule has 0 saturated carbocycles. The number of fused-ring (bicyclic) bond motifs is 7. The van der Waals surface area contributed by atoms with E-state index in [0.29, 0.717) is 17.5 Å². The average Bonchev–Trinajstić information content (AvgIpc) is 3.53. The van der Waals surface area contributed by atoms with E-state index in [-0.39, 0.29) is 16.9 Å². The molecular weight excluding hydrogens is 573 g/mol. The number of anilines is 2. The monoisotopic (exact) mass is 606 g/mol. The lowest BCUT2D eigenvalue weighted by atomic mass is 9.73. The maximum Gasteiger partial charge on any atom is 0.164 e. The first-order chi connectivity index (χ1) is 22.9. The van der Waals surface area contributed by atoms with Crippen molar-refractivity contribution in [2.75, 3.05) is 4.90 Å². The van der Waals surface area contributed by atoms with Gasteiger partial charge >= 0.3 is 0 Å². The molecule has 6 aromatic rings. The normalized spacial score (nSPS) is 19.6. The number of hydrogen-bond donors (Lipinski definition) is 0. The minimum Gasteiger partial charge on any atom is -0.331 e. The molecule has 4 heteroatoms. The molecule has 2 heterocycles. The Morgan fingerprint density at radius 3 is 1.77 bits per heavy atom. The summed E-state index contributed by atoms with van der Waals surface area (Å²) in [6, 6.07) is 42.6. The molecule has 4 nitrogen and oxygen atoms in total. The van der Waals surface area contributed by atoms with Gasteiger partial charge in [0.1, 0.15) is 0 Å². The Balaban J connectivity index is 1.17. The Morgan fingerprint density at radius 2 is 1.13 bits per heavy atom. The molecule has 1 aromatic heterocycles. The van der Waals surface area contributed by atoms with Gasteiger partial charge in [-0.3, -0.25) is 0 Å². The molecule has 0 spiro atoms. The minimum absolute atomic E-state index is 0.0847. The molecule has 9 rings (SSSR count). The molecule has 0 N–H and O–H groups in total. The minimum atomic E-state index is -0.243. The quantitative estimate of drug-likeness (QED) is 0.200. The van der Waals surface area contributed by atoms with Gasteiger partial charge in [0.25, 0.3) is 0 Å². The zero-order valence-corrected chi connectivity index (χ0v) is 26.7. The highest BCUT2D eigenvalue weighted by Crippen LogP contribution is 2.61. The number of nitrogens with zero attached hydrogens (tertiary/aromatic N) is 4. The van der Waals surface area contributed by atoms with Gasteiger partial charge in [-0.15, -0.1) is 0 Å². The molecule has 0 radical (unpaired) electrons. The van der Waals surface area contributed by atoms with Crippen LogP contribution in [0.5, 0.6) is 0 Å². The predicted molar refractivity (Wildman–Crippen MR) is 192 cm³/mol. The summed E-state index contributed by atoms with van der Waals surface area (Å²) in [6.45, 7) is 7.14.